The molecule has 0 aliphatic carbocycles. The SMILES string of the molecule is CCCCCCCC(=O)OCCCCCCS(=O)(=O)O.[Li]. The second-order valence-electron chi connectivity index (χ2n) is 5.08. The molecule has 0 bridgehead atoms. The van der Waals surface area contributed by atoms with Crippen LogP contribution < -0.4 is 0 Å². The van der Waals surface area contributed by atoms with E-state index in [2.05, 4.69) is 6.92 Å². The summed E-state index contributed by atoms with van der Waals surface area (Å²) in [5.74, 6) is -0.329. The zero-order chi connectivity index (χ0) is 15.3. The van der Waals surface area contributed by atoms with Crippen molar-refractivity contribution in [1.29, 1.82) is 0 Å². The van der Waals surface area contributed by atoms with Crippen LogP contribution in [-0.2, 0) is 19.6 Å². The third-order valence-electron chi connectivity index (χ3n) is 3.04. The first kappa shape index (κ1) is 23.2. The zero-order valence-corrected chi connectivity index (χ0v) is 14.3. The van der Waals surface area contributed by atoms with Gasteiger partial charge in [0.1, 0.15) is 0 Å². The maximum absolute atomic E-state index is 11.4. The maximum Gasteiger partial charge on any atom is 0.305 e. The summed E-state index contributed by atoms with van der Waals surface area (Å²) in [7, 11) is -3.83. The van der Waals surface area contributed by atoms with Crippen LogP contribution in [-0.4, -0.2) is 50.2 Å². The minimum Gasteiger partial charge on any atom is -0.466 e. The van der Waals surface area contributed by atoms with Gasteiger partial charge in [-0.05, 0) is 19.3 Å². The Balaban J connectivity index is 0. The van der Waals surface area contributed by atoms with Gasteiger partial charge in [-0.15, -0.1) is 0 Å². The van der Waals surface area contributed by atoms with Crippen LogP contribution in [0, 0.1) is 0 Å². The van der Waals surface area contributed by atoms with E-state index in [1.807, 2.05) is 0 Å². The molecule has 0 aliphatic heterocycles. The summed E-state index contributed by atoms with van der Waals surface area (Å²) in [6.07, 6.45) is 8.78. The molecule has 0 spiro atoms. The summed E-state index contributed by atoms with van der Waals surface area (Å²) in [6, 6.07) is 0. The van der Waals surface area contributed by atoms with Gasteiger partial charge in [0.25, 0.3) is 10.1 Å². The van der Waals surface area contributed by atoms with Crippen LogP contribution in [0.3, 0.4) is 0 Å². The van der Waals surface area contributed by atoms with Gasteiger partial charge >= 0.3 is 5.97 Å². The first-order valence-corrected chi connectivity index (χ1v) is 9.17. The Morgan fingerprint density at radius 1 is 0.952 bits per heavy atom. The van der Waals surface area contributed by atoms with Crippen molar-refractivity contribution in [3.05, 3.63) is 0 Å². The van der Waals surface area contributed by atoms with Crippen LogP contribution in [0.4, 0.5) is 0 Å². The van der Waals surface area contributed by atoms with Gasteiger partial charge in [0.15, 0.2) is 0 Å². The normalized spacial score (nSPS) is 11.0. The van der Waals surface area contributed by atoms with Gasteiger partial charge in [-0.1, -0.05) is 45.4 Å². The smallest absolute Gasteiger partial charge is 0.305 e. The molecule has 0 aromatic rings. The molecule has 5 nitrogen and oxygen atoms in total. The van der Waals surface area contributed by atoms with Crippen molar-refractivity contribution in [3.63, 3.8) is 0 Å². The second-order valence-corrected chi connectivity index (χ2v) is 6.66. The van der Waals surface area contributed by atoms with Gasteiger partial charge in [-0.25, -0.2) is 0 Å². The fourth-order valence-corrected chi connectivity index (χ4v) is 2.44. The quantitative estimate of drug-likeness (QED) is 0.245. The van der Waals surface area contributed by atoms with Crippen molar-refractivity contribution in [2.45, 2.75) is 71.1 Å². The summed E-state index contributed by atoms with van der Waals surface area (Å²) >= 11 is 0. The van der Waals surface area contributed by atoms with E-state index in [-0.39, 0.29) is 30.6 Å². The molecule has 121 valence electrons. The van der Waals surface area contributed by atoms with Crippen molar-refractivity contribution in [3.8, 4) is 0 Å². The Morgan fingerprint density at radius 3 is 2.14 bits per heavy atom. The monoisotopic (exact) mass is 315 g/mol. The summed E-state index contributed by atoms with van der Waals surface area (Å²) in [5.41, 5.74) is 0. The summed E-state index contributed by atoms with van der Waals surface area (Å²) < 4.78 is 34.5. The van der Waals surface area contributed by atoms with E-state index >= 15 is 0 Å². The van der Waals surface area contributed by atoms with E-state index in [0.717, 1.165) is 25.7 Å². The van der Waals surface area contributed by atoms with Gasteiger partial charge in [-0.2, -0.15) is 8.42 Å². The van der Waals surface area contributed by atoms with Crippen molar-refractivity contribution in [1.82, 2.24) is 0 Å². The van der Waals surface area contributed by atoms with Crippen LogP contribution in [0.15, 0.2) is 0 Å². The van der Waals surface area contributed by atoms with Crippen molar-refractivity contribution < 1.29 is 22.5 Å². The van der Waals surface area contributed by atoms with E-state index in [1.54, 1.807) is 0 Å². The molecule has 7 heteroatoms. The minimum atomic E-state index is -3.83. The predicted octanol–water partition coefficient (Wildman–Crippen LogP) is 2.96. The Bertz CT molecular complexity index is 343. The largest absolute Gasteiger partial charge is 0.466 e. The van der Waals surface area contributed by atoms with Gasteiger partial charge in [0.2, 0.25) is 0 Å². The maximum atomic E-state index is 11.4. The molecule has 0 rings (SSSR count). The predicted molar refractivity (Wildman–Crippen MR) is 85.0 cm³/mol. The Kier molecular flexibility index (Phi) is 16.5. The van der Waals surface area contributed by atoms with E-state index < -0.39 is 10.1 Å². The van der Waals surface area contributed by atoms with E-state index in [4.69, 9.17) is 9.29 Å². The van der Waals surface area contributed by atoms with Gasteiger partial charge < -0.3 is 4.74 Å². The molecule has 0 saturated heterocycles. The van der Waals surface area contributed by atoms with Crippen LogP contribution in [0.2, 0.25) is 0 Å². The first-order chi connectivity index (χ1) is 9.45. The van der Waals surface area contributed by atoms with Crippen molar-refractivity contribution in [2.24, 2.45) is 0 Å². The number of hydrogen-bond acceptors (Lipinski definition) is 4. The molecule has 0 aliphatic rings. The summed E-state index contributed by atoms with van der Waals surface area (Å²) in [6.45, 7) is 2.56. The molecule has 0 saturated carbocycles. The topological polar surface area (TPSA) is 80.7 Å². The van der Waals surface area contributed by atoms with Gasteiger partial charge in [0.05, 0.1) is 12.4 Å². The van der Waals surface area contributed by atoms with E-state index in [1.165, 1.54) is 19.3 Å². The number of carbonyl (C=O) groups excluding carboxylic acids is 1. The number of rotatable bonds is 13. The molecule has 21 heavy (non-hydrogen) atoms. The molecule has 0 fully saturated rings. The average Bonchev–Trinajstić information content (AvgIpc) is 2.36. The number of ether oxygens (including phenoxy) is 1. The second kappa shape index (κ2) is 14.9. The molecule has 0 aromatic carbocycles. The molecule has 1 radical (unpaired) electrons. The van der Waals surface area contributed by atoms with Crippen LogP contribution in [0.1, 0.15) is 71.1 Å². The minimum absolute atomic E-state index is 0. The molecule has 0 aromatic heterocycles. The van der Waals surface area contributed by atoms with E-state index in [0.29, 0.717) is 25.9 Å². The van der Waals surface area contributed by atoms with Crippen LogP contribution in [0.5, 0.6) is 0 Å². The molecule has 1 N–H and O–H groups in total. The fraction of sp³-hybridized carbons (Fsp3) is 0.929. The van der Waals surface area contributed by atoms with Crippen LogP contribution in [0.25, 0.3) is 0 Å². The van der Waals surface area contributed by atoms with E-state index in [9.17, 15) is 13.2 Å². The molecule has 0 atom stereocenters. The first-order valence-electron chi connectivity index (χ1n) is 7.56. The standard InChI is InChI=1S/C14H28O5S.Li/c1-2-3-4-5-8-11-14(15)19-12-9-6-7-10-13-20(16,17)18;/h2-13H2,1H3,(H,16,17,18);. The zero-order valence-electron chi connectivity index (χ0n) is 13.5. The molecule has 0 amide bonds. The Labute approximate surface area is 141 Å². The third kappa shape index (κ3) is 20.0. The van der Waals surface area contributed by atoms with Gasteiger partial charge in [-0.3, -0.25) is 9.35 Å². The average molecular weight is 315 g/mol. The van der Waals surface area contributed by atoms with Gasteiger partial charge in [0, 0.05) is 25.3 Å². The molecular formula is C14H28LiO5S. The summed E-state index contributed by atoms with van der Waals surface area (Å²) in [5, 5.41) is 0. The molecule has 0 heterocycles. The Hall–Kier alpha value is -0.0226. The number of unbranched alkanes of at least 4 members (excludes halogenated alkanes) is 7. The number of esters is 1. The van der Waals surface area contributed by atoms with Crippen molar-refractivity contribution >= 4 is 34.9 Å². The number of hydrogen-bond donors (Lipinski definition) is 1. The third-order valence-corrected chi connectivity index (χ3v) is 3.85. The number of carbonyl (C=O) groups is 1. The summed E-state index contributed by atoms with van der Waals surface area (Å²) in [4.78, 5) is 11.4. The molecule has 0 unspecified atom stereocenters. The van der Waals surface area contributed by atoms with Crippen LogP contribution >= 0.6 is 0 Å². The molecular weight excluding hydrogens is 287 g/mol. The fourth-order valence-electron chi connectivity index (χ4n) is 1.87. The van der Waals surface area contributed by atoms with Crippen molar-refractivity contribution in [2.75, 3.05) is 12.4 Å². The Morgan fingerprint density at radius 2 is 1.52 bits per heavy atom.